The molecule has 0 spiro atoms. The van der Waals surface area contributed by atoms with Crippen LogP contribution in [0.5, 0.6) is 0 Å². The van der Waals surface area contributed by atoms with Crippen molar-refractivity contribution in [1.82, 2.24) is 19.9 Å². The Bertz CT molecular complexity index is 915. The Labute approximate surface area is 161 Å². The van der Waals surface area contributed by atoms with Crippen LogP contribution in [0, 0.1) is 0 Å². The van der Waals surface area contributed by atoms with E-state index in [-0.39, 0.29) is 17.9 Å². The number of thiazole rings is 1. The third-order valence-electron chi connectivity index (χ3n) is 4.84. The van der Waals surface area contributed by atoms with Crippen molar-refractivity contribution in [3.8, 4) is 0 Å². The van der Waals surface area contributed by atoms with E-state index in [4.69, 9.17) is 16.6 Å². The van der Waals surface area contributed by atoms with Gasteiger partial charge in [-0.3, -0.25) is 4.79 Å². The lowest BCUT2D eigenvalue weighted by Crippen LogP contribution is -2.39. The van der Waals surface area contributed by atoms with E-state index in [1.807, 2.05) is 29.2 Å². The molecule has 26 heavy (non-hydrogen) atoms. The summed E-state index contributed by atoms with van der Waals surface area (Å²) in [5, 5.41) is 0. The Balaban J connectivity index is 1.70. The van der Waals surface area contributed by atoms with Gasteiger partial charge in [-0.05, 0) is 37.3 Å². The van der Waals surface area contributed by atoms with Crippen molar-refractivity contribution in [3.05, 3.63) is 45.1 Å². The average molecular weight is 389 g/mol. The number of fused-ring (bicyclic) bond motifs is 1. The van der Waals surface area contributed by atoms with Crippen LogP contribution in [0.1, 0.15) is 66.3 Å². The van der Waals surface area contributed by atoms with Crippen LogP contribution in [0.15, 0.2) is 24.3 Å². The smallest absolute Gasteiger partial charge is 0.274 e. The summed E-state index contributed by atoms with van der Waals surface area (Å²) in [6.07, 6.45) is 2.98. The van der Waals surface area contributed by atoms with Gasteiger partial charge in [0.1, 0.15) is 11.5 Å². The van der Waals surface area contributed by atoms with E-state index >= 15 is 0 Å². The third kappa shape index (κ3) is 3.12. The molecule has 3 heterocycles. The molecule has 0 saturated carbocycles. The van der Waals surface area contributed by atoms with Gasteiger partial charge >= 0.3 is 0 Å². The second-order valence-corrected chi connectivity index (χ2v) is 8.60. The molecule has 1 saturated heterocycles. The number of imidazole rings is 1. The first-order valence-corrected chi connectivity index (χ1v) is 10.2. The molecule has 7 heteroatoms. The molecule has 0 bridgehead atoms. The molecule has 2 aromatic heterocycles. The van der Waals surface area contributed by atoms with Crippen molar-refractivity contribution >= 4 is 39.9 Å². The molecule has 136 valence electrons. The van der Waals surface area contributed by atoms with Crippen LogP contribution >= 0.6 is 22.9 Å². The SMILES string of the molecule is CC(C)c1sc(Cl)nc1C(=O)N1CCCC[C@@H]1c1nc2ccccc2[nH]1. The molecule has 0 unspecified atom stereocenters. The first kappa shape index (κ1) is 17.5. The number of aromatic nitrogens is 3. The van der Waals surface area contributed by atoms with Gasteiger partial charge in [-0.25, -0.2) is 9.97 Å². The lowest BCUT2D eigenvalue weighted by atomic mass is 10.0. The number of piperidine rings is 1. The Morgan fingerprint density at radius 2 is 2.12 bits per heavy atom. The zero-order valence-corrected chi connectivity index (χ0v) is 16.4. The number of hydrogen-bond donors (Lipinski definition) is 1. The fourth-order valence-electron chi connectivity index (χ4n) is 3.57. The van der Waals surface area contributed by atoms with Gasteiger partial charge in [0, 0.05) is 11.4 Å². The number of hydrogen-bond acceptors (Lipinski definition) is 4. The van der Waals surface area contributed by atoms with Gasteiger partial charge in [0.05, 0.1) is 17.1 Å². The van der Waals surface area contributed by atoms with Gasteiger partial charge in [0.15, 0.2) is 4.47 Å². The summed E-state index contributed by atoms with van der Waals surface area (Å²) >= 11 is 7.52. The number of carbonyl (C=O) groups is 1. The van der Waals surface area contributed by atoms with Crippen LogP contribution in [0.25, 0.3) is 11.0 Å². The molecule has 1 aliphatic rings. The highest BCUT2D eigenvalue weighted by atomic mass is 35.5. The zero-order valence-electron chi connectivity index (χ0n) is 14.8. The molecule has 1 N–H and O–H groups in total. The second-order valence-electron chi connectivity index (χ2n) is 6.98. The fraction of sp³-hybridized carbons (Fsp3) is 0.421. The van der Waals surface area contributed by atoms with E-state index in [2.05, 4.69) is 23.8 Å². The summed E-state index contributed by atoms with van der Waals surface area (Å²) in [4.78, 5) is 28.6. The lowest BCUT2D eigenvalue weighted by Gasteiger charge is -2.34. The van der Waals surface area contributed by atoms with Gasteiger partial charge in [0.25, 0.3) is 5.91 Å². The molecule has 1 aliphatic heterocycles. The minimum absolute atomic E-state index is 0.0398. The van der Waals surface area contributed by atoms with Crippen LogP contribution in [0.4, 0.5) is 0 Å². The molecule has 1 fully saturated rings. The van der Waals surface area contributed by atoms with Crippen LogP contribution < -0.4 is 0 Å². The van der Waals surface area contributed by atoms with E-state index in [1.165, 1.54) is 11.3 Å². The van der Waals surface area contributed by atoms with Crippen molar-refractivity contribution in [2.75, 3.05) is 6.54 Å². The maximum Gasteiger partial charge on any atom is 0.274 e. The quantitative estimate of drug-likeness (QED) is 0.673. The van der Waals surface area contributed by atoms with Gasteiger partial charge in [-0.15, -0.1) is 11.3 Å². The molecule has 1 aromatic carbocycles. The van der Waals surface area contributed by atoms with E-state index in [1.54, 1.807) is 0 Å². The van der Waals surface area contributed by atoms with Crippen molar-refractivity contribution in [2.45, 2.75) is 45.1 Å². The monoisotopic (exact) mass is 388 g/mol. The van der Waals surface area contributed by atoms with E-state index in [9.17, 15) is 4.79 Å². The summed E-state index contributed by atoms with van der Waals surface area (Å²) in [6, 6.07) is 7.91. The van der Waals surface area contributed by atoms with Crippen LogP contribution in [0.2, 0.25) is 4.47 Å². The molecule has 0 radical (unpaired) electrons. The van der Waals surface area contributed by atoms with Crippen molar-refractivity contribution in [2.24, 2.45) is 0 Å². The third-order valence-corrected chi connectivity index (χ3v) is 6.30. The molecule has 3 aromatic rings. The largest absolute Gasteiger partial charge is 0.340 e. The summed E-state index contributed by atoms with van der Waals surface area (Å²) < 4.78 is 0.425. The van der Waals surface area contributed by atoms with Crippen LogP contribution in [-0.2, 0) is 0 Å². The molecular formula is C19H21ClN4OS. The average Bonchev–Trinajstić information content (AvgIpc) is 3.24. The van der Waals surface area contributed by atoms with Crippen molar-refractivity contribution < 1.29 is 4.79 Å². The topological polar surface area (TPSA) is 61.9 Å². The highest BCUT2D eigenvalue weighted by molar-refractivity contribution is 7.16. The Kier molecular flexibility index (Phi) is 4.71. The number of benzene rings is 1. The highest BCUT2D eigenvalue weighted by Gasteiger charge is 2.33. The number of nitrogens with zero attached hydrogens (tertiary/aromatic N) is 3. The molecular weight excluding hydrogens is 368 g/mol. The molecule has 5 nitrogen and oxygen atoms in total. The first-order chi connectivity index (χ1) is 12.5. The number of H-pyrrole nitrogens is 1. The van der Waals surface area contributed by atoms with E-state index < -0.39 is 0 Å². The van der Waals surface area contributed by atoms with Crippen molar-refractivity contribution in [3.63, 3.8) is 0 Å². The number of halogens is 1. The highest BCUT2D eigenvalue weighted by Crippen LogP contribution is 2.35. The second kappa shape index (κ2) is 7.00. The Morgan fingerprint density at radius 3 is 2.88 bits per heavy atom. The number of nitrogens with one attached hydrogen (secondary N) is 1. The summed E-state index contributed by atoms with van der Waals surface area (Å²) in [5.41, 5.74) is 2.43. The number of amides is 1. The molecule has 4 rings (SSSR count). The standard InChI is InChI=1S/C19H21ClN4OS/c1-11(2)16-15(23-19(20)26-16)18(25)24-10-6-5-9-14(24)17-21-12-7-3-4-8-13(12)22-17/h3-4,7-8,11,14H,5-6,9-10H2,1-2H3,(H,21,22)/t14-/m1/s1. The number of para-hydroxylation sites is 2. The summed E-state index contributed by atoms with van der Waals surface area (Å²) in [7, 11) is 0. The summed E-state index contributed by atoms with van der Waals surface area (Å²) in [6.45, 7) is 4.84. The fourth-order valence-corrected chi connectivity index (χ4v) is 4.69. The molecule has 1 atom stereocenters. The van der Waals surface area contributed by atoms with E-state index in [0.29, 0.717) is 16.7 Å². The minimum Gasteiger partial charge on any atom is -0.340 e. The molecule has 1 amide bonds. The van der Waals surface area contributed by atoms with Gasteiger partial charge < -0.3 is 9.88 Å². The summed E-state index contributed by atoms with van der Waals surface area (Å²) in [5.74, 6) is 1.03. The predicted molar refractivity (Wildman–Crippen MR) is 105 cm³/mol. The number of likely N-dealkylation sites (tertiary alicyclic amines) is 1. The number of aromatic amines is 1. The van der Waals surface area contributed by atoms with Crippen molar-refractivity contribution in [1.29, 1.82) is 0 Å². The zero-order chi connectivity index (χ0) is 18.3. The van der Waals surface area contributed by atoms with Gasteiger partial charge in [-0.2, -0.15) is 0 Å². The van der Waals surface area contributed by atoms with Gasteiger partial charge in [0.2, 0.25) is 0 Å². The van der Waals surface area contributed by atoms with Gasteiger partial charge in [-0.1, -0.05) is 37.6 Å². The maximum atomic E-state index is 13.3. The number of rotatable bonds is 3. The first-order valence-electron chi connectivity index (χ1n) is 8.96. The Hall–Kier alpha value is -1.92. The normalized spacial score (nSPS) is 18.0. The minimum atomic E-state index is -0.0517. The molecule has 0 aliphatic carbocycles. The lowest BCUT2D eigenvalue weighted by molar-refractivity contribution is 0.0594. The number of carbonyl (C=O) groups excluding carboxylic acids is 1. The van der Waals surface area contributed by atoms with Crippen LogP contribution in [0.3, 0.4) is 0 Å². The Morgan fingerprint density at radius 1 is 1.31 bits per heavy atom. The van der Waals surface area contributed by atoms with E-state index in [0.717, 1.165) is 41.0 Å². The maximum absolute atomic E-state index is 13.3. The van der Waals surface area contributed by atoms with Crippen LogP contribution in [-0.4, -0.2) is 32.3 Å². The predicted octanol–water partition coefficient (Wildman–Crippen LogP) is 5.16.